The summed E-state index contributed by atoms with van der Waals surface area (Å²) in [6, 6.07) is 7.64. The summed E-state index contributed by atoms with van der Waals surface area (Å²) in [4.78, 5) is 0. The Morgan fingerprint density at radius 3 is 2.87 bits per heavy atom. The van der Waals surface area contributed by atoms with Crippen molar-refractivity contribution in [2.24, 2.45) is 0 Å². The molecule has 0 aliphatic carbocycles. The lowest BCUT2D eigenvalue weighted by molar-refractivity contribution is 0.0659. The molecule has 1 rings (SSSR count). The second-order valence-corrected chi connectivity index (χ2v) is 3.91. The van der Waals surface area contributed by atoms with E-state index in [9.17, 15) is 5.11 Å². The Kier molecular flexibility index (Phi) is 3.76. The molecule has 0 aromatic heterocycles. The van der Waals surface area contributed by atoms with Crippen LogP contribution in [0.15, 0.2) is 24.3 Å². The third-order valence-electron chi connectivity index (χ3n) is 2.20. The van der Waals surface area contributed by atoms with Gasteiger partial charge >= 0.3 is 0 Å². The molecule has 0 aliphatic rings. The van der Waals surface area contributed by atoms with Crippen LogP contribution in [-0.2, 0) is 6.42 Å². The highest BCUT2D eigenvalue weighted by Crippen LogP contribution is 2.19. The molecule has 80 valence electrons. The SMILES string of the molecule is C#CCC(C)(O)Cc1cccc(OC)c1. The van der Waals surface area contributed by atoms with E-state index in [4.69, 9.17) is 11.2 Å². The molecule has 2 nitrogen and oxygen atoms in total. The van der Waals surface area contributed by atoms with E-state index < -0.39 is 5.60 Å². The number of aliphatic hydroxyl groups is 1. The first-order valence-corrected chi connectivity index (χ1v) is 4.86. The van der Waals surface area contributed by atoms with E-state index in [1.807, 2.05) is 24.3 Å². The van der Waals surface area contributed by atoms with E-state index in [1.54, 1.807) is 14.0 Å². The average Bonchev–Trinajstić information content (AvgIpc) is 2.17. The van der Waals surface area contributed by atoms with Crippen molar-refractivity contribution < 1.29 is 9.84 Å². The Morgan fingerprint density at radius 2 is 2.27 bits per heavy atom. The van der Waals surface area contributed by atoms with Gasteiger partial charge in [0.2, 0.25) is 0 Å². The van der Waals surface area contributed by atoms with Gasteiger partial charge in [-0.25, -0.2) is 0 Å². The van der Waals surface area contributed by atoms with Crippen molar-refractivity contribution in [1.82, 2.24) is 0 Å². The van der Waals surface area contributed by atoms with Gasteiger partial charge in [-0.3, -0.25) is 0 Å². The summed E-state index contributed by atoms with van der Waals surface area (Å²) in [5.41, 5.74) is 0.177. The molecule has 0 saturated heterocycles. The van der Waals surface area contributed by atoms with E-state index in [-0.39, 0.29) is 0 Å². The van der Waals surface area contributed by atoms with Crippen molar-refractivity contribution in [2.45, 2.75) is 25.4 Å². The van der Waals surface area contributed by atoms with Crippen molar-refractivity contribution in [1.29, 1.82) is 0 Å². The smallest absolute Gasteiger partial charge is 0.119 e. The molecule has 0 bridgehead atoms. The first-order chi connectivity index (χ1) is 7.07. The predicted octanol–water partition coefficient (Wildman–Crippen LogP) is 2.01. The molecular weight excluding hydrogens is 188 g/mol. The molecule has 0 saturated carbocycles. The molecule has 0 heterocycles. The zero-order chi connectivity index (χ0) is 11.3. The lowest BCUT2D eigenvalue weighted by Crippen LogP contribution is -2.26. The molecule has 1 N–H and O–H groups in total. The quantitative estimate of drug-likeness (QED) is 0.760. The maximum atomic E-state index is 9.95. The van der Waals surface area contributed by atoms with Crippen LogP contribution in [0.4, 0.5) is 0 Å². The number of terminal acetylenes is 1. The van der Waals surface area contributed by atoms with Crippen molar-refractivity contribution in [3.05, 3.63) is 29.8 Å². The number of rotatable bonds is 4. The number of hydrogen-bond donors (Lipinski definition) is 1. The topological polar surface area (TPSA) is 29.5 Å². The summed E-state index contributed by atoms with van der Waals surface area (Å²) in [6.07, 6.45) is 6.08. The molecule has 1 atom stereocenters. The minimum atomic E-state index is -0.846. The van der Waals surface area contributed by atoms with Crippen molar-refractivity contribution in [3.8, 4) is 18.1 Å². The summed E-state index contributed by atoms with van der Waals surface area (Å²) >= 11 is 0. The molecule has 0 amide bonds. The number of methoxy groups -OCH3 is 1. The van der Waals surface area contributed by atoms with Crippen molar-refractivity contribution >= 4 is 0 Å². The summed E-state index contributed by atoms with van der Waals surface area (Å²) in [5, 5.41) is 9.95. The summed E-state index contributed by atoms with van der Waals surface area (Å²) in [7, 11) is 1.62. The molecule has 0 radical (unpaired) electrons. The van der Waals surface area contributed by atoms with Crippen LogP contribution in [0.3, 0.4) is 0 Å². The highest BCUT2D eigenvalue weighted by Gasteiger charge is 2.19. The van der Waals surface area contributed by atoms with Crippen LogP contribution in [0.2, 0.25) is 0 Å². The second-order valence-electron chi connectivity index (χ2n) is 3.91. The average molecular weight is 204 g/mol. The number of ether oxygens (including phenoxy) is 1. The minimum Gasteiger partial charge on any atom is -0.497 e. The number of hydrogen-bond acceptors (Lipinski definition) is 2. The fourth-order valence-corrected chi connectivity index (χ4v) is 1.50. The van der Waals surface area contributed by atoms with Gasteiger partial charge in [0, 0.05) is 12.8 Å². The van der Waals surface area contributed by atoms with Crippen LogP contribution < -0.4 is 4.74 Å². The Morgan fingerprint density at radius 1 is 1.53 bits per heavy atom. The summed E-state index contributed by atoms with van der Waals surface area (Å²) in [6.45, 7) is 1.74. The van der Waals surface area contributed by atoms with Crippen LogP contribution in [0.5, 0.6) is 5.75 Å². The summed E-state index contributed by atoms with van der Waals surface area (Å²) in [5.74, 6) is 3.27. The van der Waals surface area contributed by atoms with Gasteiger partial charge in [0.25, 0.3) is 0 Å². The van der Waals surface area contributed by atoms with E-state index >= 15 is 0 Å². The van der Waals surface area contributed by atoms with Crippen LogP contribution in [0.1, 0.15) is 18.9 Å². The summed E-state index contributed by atoms with van der Waals surface area (Å²) < 4.78 is 5.11. The van der Waals surface area contributed by atoms with Gasteiger partial charge in [-0.15, -0.1) is 12.3 Å². The Labute approximate surface area is 90.9 Å². The van der Waals surface area contributed by atoms with Gasteiger partial charge in [-0.1, -0.05) is 12.1 Å². The zero-order valence-electron chi connectivity index (χ0n) is 9.16. The van der Waals surface area contributed by atoms with Crippen LogP contribution >= 0.6 is 0 Å². The van der Waals surface area contributed by atoms with Crippen molar-refractivity contribution in [2.75, 3.05) is 7.11 Å². The van der Waals surface area contributed by atoms with Gasteiger partial charge in [-0.2, -0.15) is 0 Å². The lowest BCUT2D eigenvalue weighted by Gasteiger charge is -2.20. The largest absolute Gasteiger partial charge is 0.497 e. The van der Waals surface area contributed by atoms with Crippen LogP contribution in [0.25, 0.3) is 0 Å². The maximum Gasteiger partial charge on any atom is 0.119 e. The first-order valence-electron chi connectivity index (χ1n) is 4.86. The second kappa shape index (κ2) is 4.86. The van der Waals surface area contributed by atoms with Gasteiger partial charge in [0.1, 0.15) is 5.75 Å². The standard InChI is InChI=1S/C13H16O2/c1-4-8-13(2,14)10-11-6-5-7-12(9-11)15-3/h1,5-7,9,14H,8,10H2,2-3H3. The first kappa shape index (κ1) is 11.6. The third kappa shape index (κ3) is 3.65. The molecule has 0 aliphatic heterocycles. The highest BCUT2D eigenvalue weighted by molar-refractivity contribution is 5.29. The molecular formula is C13H16O2. The van der Waals surface area contributed by atoms with Gasteiger partial charge in [0.15, 0.2) is 0 Å². The fraction of sp³-hybridized carbons (Fsp3) is 0.385. The van der Waals surface area contributed by atoms with E-state index in [1.165, 1.54) is 0 Å². The molecule has 0 fully saturated rings. The lowest BCUT2D eigenvalue weighted by atomic mass is 9.93. The Bertz CT molecular complexity index is 361. The highest BCUT2D eigenvalue weighted by atomic mass is 16.5. The third-order valence-corrected chi connectivity index (χ3v) is 2.20. The van der Waals surface area contributed by atoms with Crippen LogP contribution in [-0.4, -0.2) is 17.8 Å². The van der Waals surface area contributed by atoms with Crippen LogP contribution in [0, 0.1) is 12.3 Å². The normalized spacial score (nSPS) is 14.0. The van der Waals surface area contributed by atoms with Gasteiger partial charge < -0.3 is 9.84 Å². The van der Waals surface area contributed by atoms with Gasteiger partial charge in [-0.05, 0) is 24.6 Å². The maximum absolute atomic E-state index is 9.95. The molecule has 1 aromatic rings. The molecule has 0 spiro atoms. The fourth-order valence-electron chi connectivity index (χ4n) is 1.50. The zero-order valence-corrected chi connectivity index (χ0v) is 9.16. The van der Waals surface area contributed by atoms with E-state index in [0.29, 0.717) is 12.8 Å². The van der Waals surface area contributed by atoms with E-state index in [0.717, 1.165) is 11.3 Å². The molecule has 2 heteroatoms. The van der Waals surface area contributed by atoms with Crippen molar-refractivity contribution in [3.63, 3.8) is 0 Å². The minimum absolute atomic E-state index is 0.351. The van der Waals surface area contributed by atoms with Gasteiger partial charge in [0.05, 0.1) is 12.7 Å². The number of benzene rings is 1. The van der Waals surface area contributed by atoms with E-state index in [2.05, 4.69) is 5.92 Å². The monoisotopic (exact) mass is 204 g/mol. The Hall–Kier alpha value is -1.46. The molecule has 1 aromatic carbocycles. The Balaban J connectivity index is 2.76. The molecule has 15 heavy (non-hydrogen) atoms. The predicted molar refractivity (Wildman–Crippen MR) is 60.8 cm³/mol. The molecule has 1 unspecified atom stereocenters.